The van der Waals surface area contributed by atoms with E-state index in [1.54, 1.807) is 0 Å². The highest BCUT2D eigenvalue weighted by atomic mass is 16.1. The first kappa shape index (κ1) is 19.7. The largest absolute Gasteiger partial charge is 0.397 e. The molecule has 0 spiro atoms. The third-order valence-electron chi connectivity index (χ3n) is 6.71. The van der Waals surface area contributed by atoms with Crippen molar-refractivity contribution in [1.29, 1.82) is 0 Å². The number of nitrogens with zero attached hydrogens (tertiary/aromatic N) is 1. The van der Waals surface area contributed by atoms with Gasteiger partial charge in [-0.2, -0.15) is 0 Å². The van der Waals surface area contributed by atoms with Gasteiger partial charge in [0.2, 0.25) is 0 Å². The molecule has 5 rings (SSSR count). The first-order valence-electron chi connectivity index (χ1n) is 11.2. The monoisotopic (exact) mass is 415 g/mol. The smallest absolute Gasteiger partial charge is 0.261 e. The molecule has 160 valence electrons. The summed E-state index contributed by atoms with van der Waals surface area (Å²) in [5.41, 5.74) is 13.0. The molecule has 2 aromatic heterocycles. The topological polar surface area (TPSA) is 99.6 Å². The standard InChI is InChI=1S/C25H29N5O/c1-14-10-20-21(11-15(14)2)29-24(28-20)22-23(26)18-12-17(8-9-19(18)30-25(22)31)27-13-16-6-4-3-5-7-16/h8-12,16,27H,3-7,13H2,1-2H3,(H,28,29)(H3,26,30,31). The Morgan fingerprint density at radius 3 is 2.61 bits per heavy atom. The molecule has 1 fully saturated rings. The molecule has 0 amide bonds. The molecule has 4 aromatic rings. The number of nitrogen functional groups attached to an aromatic ring is 1. The Bertz CT molecular complexity index is 1290. The van der Waals surface area contributed by atoms with Crippen LogP contribution in [0.4, 0.5) is 11.4 Å². The third-order valence-corrected chi connectivity index (χ3v) is 6.71. The van der Waals surface area contributed by atoms with Crippen LogP contribution < -0.4 is 16.6 Å². The highest BCUT2D eigenvalue weighted by Crippen LogP contribution is 2.31. The zero-order valence-corrected chi connectivity index (χ0v) is 18.1. The van der Waals surface area contributed by atoms with Crippen molar-refractivity contribution in [1.82, 2.24) is 15.0 Å². The number of anilines is 2. The van der Waals surface area contributed by atoms with Gasteiger partial charge in [-0.15, -0.1) is 0 Å². The van der Waals surface area contributed by atoms with Crippen molar-refractivity contribution in [2.24, 2.45) is 5.92 Å². The molecule has 5 N–H and O–H groups in total. The maximum atomic E-state index is 12.9. The minimum atomic E-state index is -0.236. The van der Waals surface area contributed by atoms with Gasteiger partial charge in [0.1, 0.15) is 11.4 Å². The number of aryl methyl sites for hydroxylation is 2. The summed E-state index contributed by atoms with van der Waals surface area (Å²) in [5.74, 6) is 1.23. The second-order valence-corrected chi connectivity index (χ2v) is 8.93. The number of aromatic nitrogens is 3. The Morgan fingerprint density at radius 1 is 1.03 bits per heavy atom. The van der Waals surface area contributed by atoms with Gasteiger partial charge in [0.15, 0.2) is 0 Å². The highest BCUT2D eigenvalue weighted by Gasteiger charge is 2.17. The summed E-state index contributed by atoms with van der Waals surface area (Å²) >= 11 is 0. The number of aromatic amines is 2. The molecule has 0 aliphatic heterocycles. The minimum absolute atomic E-state index is 0.236. The van der Waals surface area contributed by atoms with Crippen LogP contribution in [0.2, 0.25) is 0 Å². The number of fused-ring (bicyclic) bond motifs is 2. The van der Waals surface area contributed by atoms with Crippen LogP contribution in [-0.4, -0.2) is 21.5 Å². The van der Waals surface area contributed by atoms with Gasteiger partial charge >= 0.3 is 0 Å². The molecule has 0 radical (unpaired) electrons. The Morgan fingerprint density at radius 2 is 1.81 bits per heavy atom. The number of rotatable bonds is 4. The second kappa shape index (κ2) is 7.76. The maximum Gasteiger partial charge on any atom is 0.261 e. The quantitative estimate of drug-likeness (QED) is 0.365. The third kappa shape index (κ3) is 3.67. The maximum absolute atomic E-state index is 12.9. The Kier molecular flexibility index (Phi) is 4.93. The molecule has 6 nitrogen and oxygen atoms in total. The van der Waals surface area contributed by atoms with E-state index in [4.69, 9.17) is 5.73 Å². The zero-order valence-electron chi connectivity index (χ0n) is 18.1. The van der Waals surface area contributed by atoms with Crippen LogP contribution in [0.3, 0.4) is 0 Å². The fourth-order valence-electron chi connectivity index (χ4n) is 4.70. The number of benzene rings is 2. The summed E-state index contributed by atoms with van der Waals surface area (Å²) in [6.07, 6.45) is 6.62. The minimum Gasteiger partial charge on any atom is -0.397 e. The lowest BCUT2D eigenvalue weighted by atomic mass is 9.89. The fraction of sp³-hybridized carbons (Fsp3) is 0.360. The van der Waals surface area contributed by atoms with Crippen LogP contribution >= 0.6 is 0 Å². The number of hydrogen-bond donors (Lipinski definition) is 4. The molecule has 2 heterocycles. The van der Waals surface area contributed by atoms with Gasteiger partial charge in [0.25, 0.3) is 5.56 Å². The average molecular weight is 416 g/mol. The Balaban J connectivity index is 1.53. The van der Waals surface area contributed by atoms with Crippen LogP contribution in [0.15, 0.2) is 35.1 Å². The zero-order chi connectivity index (χ0) is 21.5. The first-order chi connectivity index (χ1) is 15.0. The Labute approximate surface area is 181 Å². The summed E-state index contributed by atoms with van der Waals surface area (Å²) in [6.45, 7) is 5.10. The molecule has 31 heavy (non-hydrogen) atoms. The lowest BCUT2D eigenvalue weighted by molar-refractivity contribution is 0.373. The van der Waals surface area contributed by atoms with Gasteiger partial charge in [-0.25, -0.2) is 4.98 Å². The summed E-state index contributed by atoms with van der Waals surface area (Å²) in [5, 5.41) is 4.40. The SMILES string of the molecule is Cc1cc2nc(-c3c(N)c4cc(NCC5CCCCC5)ccc4[nH]c3=O)[nH]c2cc1C. The summed E-state index contributed by atoms with van der Waals surface area (Å²) in [4.78, 5) is 23.8. The lowest BCUT2D eigenvalue weighted by Crippen LogP contribution is -2.17. The number of nitrogens with one attached hydrogen (secondary N) is 3. The van der Waals surface area contributed by atoms with Crippen LogP contribution in [0, 0.1) is 19.8 Å². The molecule has 0 unspecified atom stereocenters. The number of H-pyrrole nitrogens is 2. The van der Waals surface area contributed by atoms with Crippen LogP contribution in [-0.2, 0) is 0 Å². The molecular formula is C25H29N5O. The van der Waals surface area contributed by atoms with Crippen molar-refractivity contribution in [3.63, 3.8) is 0 Å². The van der Waals surface area contributed by atoms with E-state index in [-0.39, 0.29) is 5.56 Å². The lowest BCUT2D eigenvalue weighted by Gasteiger charge is -2.22. The molecule has 0 saturated heterocycles. The number of pyridine rings is 1. The van der Waals surface area contributed by atoms with E-state index in [9.17, 15) is 4.79 Å². The number of hydrogen-bond acceptors (Lipinski definition) is 4. The molecule has 6 heteroatoms. The van der Waals surface area contributed by atoms with Crippen molar-refractivity contribution in [2.75, 3.05) is 17.6 Å². The van der Waals surface area contributed by atoms with E-state index >= 15 is 0 Å². The molecular weight excluding hydrogens is 386 g/mol. The normalized spacial score (nSPS) is 15.0. The number of nitrogens with two attached hydrogens (primary N) is 1. The fourth-order valence-corrected chi connectivity index (χ4v) is 4.70. The van der Waals surface area contributed by atoms with Crippen molar-refractivity contribution in [3.8, 4) is 11.4 Å². The van der Waals surface area contributed by atoms with E-state index < -0.39 is 0 Å². The van der Waals surface area contributed by atoms with E-state index in [1.807, 2.05) is 24.3 Å². The van der Waals surface area contributed by atoms with Gasteiger partial charge in [0, 0.05) is 17.6 Å². The van der Waals surface area contributed by atoms with Gasteiger partial charge in [-0.3, -0.25) is 4.79 Å². The molecule has 2 aromatic carbocycles. The van der Waals surface area contributed by atoms with Crippen LogP contribution in [0.5, 0.6) is 0 Å². The average Bonchev–Trinajstić information content (AvgIpc) is 3.15. The molecule has 1 aliphatic carbocycles. The van der Waals surface area contributed by atoms with Crippen molar-refractivity contribution < 1.29 is 0 Å². The predicted molar refractivity (Wildman–Crippen MR) is 129 cm³/mol. The van der Waals surface area contributed by atoms with Crippen LogP contribution in [0.1, 0.15) is 43.2 Å². The van der Waals surface area contributed by atoms with Crippen molar-refractivity contribution in [2.45, 2.75) is 46.0 Å². The predicted octanol–water partition coefficient (Wildman–Crippen LogP) is 5.26. The molecule has 1 saturated carbocycles. The van der Waals surface area contributed by atoms with Gasteiger partial charge in [0.05, 0.1) is 22.2 Å². The number of imidazole rings is 1. The van der Waals surface area contributed by atoms with Gasteiger partial charge < -0.3 is 21.0 Å². The first-order valence-corrected chi connectivity index (χ1v) is 11.2. The van der Waals surface area contributed by atoms with Crippen LogP contribution in [0.25, 0.3) is 33.3 Å². The summed E-state index contributed by atoms with van der Waals surface area (Å²) in [6, 6.07) is 10.0. The van der Waals surface area contributed by atoms with E-state index in [0.29, 0.717) is 17.1 Å². The molecule has 1 aliphatic rings. The van der Waals surface area contributed by atoms with E-state index in [1.165, 1.54) is 43.2 Å². The highest BCUT2D eigenvalue weighted by molar-refractivity contribution is 5.99. The van der Waals surface area contributed by atoms with Gasteiger partial charge in [-0.1, -0.05) is 19.3 Å². The van der Waals surface area contributed by atoms with E-state index in [2.05, 4.69) is 40.2 Å². The Hall–Kier alpha value is -3.28. The van der Waals surface area contributed by atoms with Crippen molar-refractivity contribution in [3.05, 3.63) is 51.8 Å². The molecule has 0 atom stereocenters. The summed E-state index contributed by atoms with van der Waals surface area (Å²) < 4.78 is 0. The van der Waals surface area contributed by atoms with E-state index in [0.717, 1.165) is 40.1 Å². The second-order valence-electron chi connectivity index (χ2n) is 8.93. The van der Waals surface area contributed by atoms with Gasteiger partial charge in [-0.05, 0) is 74.1 Å². The molecule has 0 bridgehead atoms. The van der Waals surface area contributed by atoms with Crippen molar-refractivity contribution >= 4 is 33.3 Å². The summed E-state index contributed by atoms with van der Waals surface area (Å²) in [7, 11) is 0.